The van der Waals surface area contributed by atoms with Gasteiger partial charge in [0.05, 0.1) is 28.8 Å². The van der Waals surface area contributed by atoms with Crippen molar-refractivity contribution in [1.82, 2.24) is 20.5 Å². The van der Waals surface area contributed by atoms with Gasteiger partial charge in [0.25, 0.3) is 0 Å². The Labute approximate surface area is 238 Å². The number of likely N-dealkylation sites (tertiary alicyclic amines) is 1. The van der Waals surface area contributed by atoms with Crippen LogP contribution in [0.2, 0.25) is 0 Å². The zero-order valence-corrected chi connectivity index (χ0v) is 24.4. The number of amides is 3. The topological polar surface area (TPSA) is 147 Å². The van der Waals surface area contributed by atoms with Crippen LogP contribution in [0.4, 0.5) is 0 Å². The van der Waals surface area contributed by atoms with E-state index in [9.17, 15) is 24.3 Å². The van der Waals surface area contributed by atoms with Crippen LogP contribution in [0.25, 0.3) is 10.4 Å². The quantitative estimate of drug-likeness (QED) is 0.344. The first-order chi connectivity index (χ1) is 18.9. The Morgan fingerprint density at radius 3 is 2.48 bits per heavy atom. The highest BCUT2D eigenvalue weighted by molar-refractivity contribution is 7.13. The Morgan fingerprint density at radius 2 is 1.88 bits per heavy atom. The normalized spacial score (nSPS) is 17.8. The van der Waals surface area contributed by atoms with E-state index in [4.69, 9.17) is 9.47 Å². The van der Waals surface area contributed by atoms with Crippen LogP contribution < -0.4 is 10.6 Å². The minimum atomic E-state index is -0.991. The number of thiazole rings is 1. The summed E-state index contributed by atoms with van der Waals surface area (Å²) in [5, 5.41) is 15.9. The molecule has 0 spiro atoms. The van der Waals surface area contributed by atoms with Gasteiger partial charge in [-0.25, -0.2) is 9.78 Å². The molecule has 1 aromatic carbocycles. The van der Waals surface area contributed by atoms with Crippen molar-refractivity contribution in [3.63, 3.8) is 0 Å². The maximum Gasteiger partial charge on any atom is 0.332 e. The van der Waals surface area contributed by atoms with Gasteiger partial charge in [0.2, 0.25) is 17.7 Å². The van der Waals surface area contributed by atoms with Crippen molar-refractivity contribution in [3.05, 3.63) is 41.0 Å². The zero-order chi connectivity index (χ0) is 29.4. The second kappa shape index (κ2) is 13.8. The number of carbonyl (C=O) groups is 4. The molecule has 3 N–H and O–H groups in total. The smallest absolute Gasteiger partial charge is 0.332 e. The van der Waals surface area contributed by atoms with Crippen molar-refractivity contribution in [3.8, 4) is 10.4 Å². The van der Waals surface area contributed by atoms with Crippen molar-refractivity contribution >= 4 is 35.0 Å². The average Bonchev–Trinajstić information content (AvgIpc) is 3.50. The SMILES string of the molecule is CCOC(=O)COCC(=O)NC(C(=O)N1CC(O)CC1C(=O)NCc1ccc(-c2scnc2C)cc1)C(C)(C)C. The summed E-state index contributed by atoms with van der Waals surface area (Å²) in [6, 6.07) is 5.93. The largest absolute Gasteiger partial charge is 0.464 e. The van der Waals surface area contributed by atoms with Gasteiger partial charge in [0, 0.05) is 19.5 Å². The fourth-order valence-corrected chi connectivity index (χ4v) is 5.22. The van der Waals surface area contributed by atoms with Crippen LogP contribution in [-0.2, 0) is 35.2 Å². The predicted molar refractivity (Wildman–Crippen MR) is 149 cm³/mol. The van der Waals surface area contributed by atoms with E-state index < -0.39 is 48.0 Å². The van der Waals surface area contributed by atoms with Crippen molar-refractivity contribution in [2.24, 2.45) is 5.41 Å². The van der Waals surface area contributed by atoms with Gasteiger partial charge in [0.15, 0.2) is 0 Å². The van der Waals surface area contributed by atoms with Crippen molar-refractivity contribution < 1.29 is 33.8 Å². The molecule has 1 fully saturated rings. The maximum absolute atomic E-state index is 13.6. The molecule has 0 aliphatic carbocycles. The first-order valence-corrected chi connectivity index (χ1v) is 14.1. The van der Waals surface area contributed by atoms with E-state index in [1.165, 1.54) is 4.90 Å². The third-order valence-corrected chi connectivity index (χ3v) is 7.45. The number of nitrogens with zero attached hydrogens (tertiary/aromatic N) is 2. The van der Waals surface area contributed by atoms with E-state index in [-0.39, 0.29) is 38.6 Å². The Morgan fingerprint density at radius 1 is 1.18 bits per heavy atom. The number of benzene rings is 1. The van der Waals surface area contributed by atoms with Crippen LogP contribution in [0.5, 0.6) is 0 Å². The van der Waals surface area contributed by atoms with Gasteiger partial charge in [-0.1, -0.05) is 45.0 Å². The molecule has 1 aliphatic heterocycles. The van der Waals surface area contributed by atoms with Gasteiger partial charge in [-0.2, -0.15) is 0 Å². The van der Waals surface area contributed by atoms with Crippen LogP contribution in [-0.4, -0.2) is 83.2 Å². The second-order valence-electron chi connectivity index (χ2n) is 10.7. The molecule has 11 nitrogen and oxygen atoms in total. The Kier molecular flexibility index (Phi) is 10.8. The van der Waals surface area contributed by atoms with Gasteiger partial charge in [-0.15, -0.1) is 11.3 Å². The summed E-state index contributed by atoms with van der Waals surface area (Å²) < 4.78 is 9.86. The van der Waals surface area contributed by atoms with Crippen LogP contribution in [0, 0.1) is 12.3 Å². The molecule has 0 saturated carbocycles. The van der Waals surface area contributed by atoms with Crippen LogP contribution in [0.15, 0.2) is 29.8 Å². The van der Waals surface area contributed by atoms with Gasteiger partial charge in [-0.05, 0) is 30.4 Å². The predicted octanol–water partition coefficient (Wildman–Crippen LogP) is 1.81. The highest BCUT2D eigenvalue weighted by Gasteiger charge is 2.44. The molecule has 1 aromatic heterocycles. The lowest BCUT2D eigenvalue weighted by molar-refractivity contribution is -0.150. The summed E-state index contributed by atoms with van der Waals surface area (Å²) in [6.07, 6.45) is -0.778. The number of aliphatic hydroxyl groups is 1. The lowest BCUT2D eigenvalue weighted by Crippen LogP contribution is -2.58. The number of nitrogens with one attached hydrogen (secondary N) is 2. The monoisotopic (exact) mass is 574 g/mol. The van der Waals surface area contributed by atoms with Crippen LogP contribution in [0.1, 0.15) is 45.4 Å². The molecule has 40 heavy (non-hydrogen) atoms. The van der Waals surface area contributed by atoms with E-state index in [0.29, 0.717) is 0 Å². The van der Waals surface area contributed by atoms with Gasteiger partial charge in [-0.3, -0.25) is 14.4 Å². The third kappa shape index (κ3) is 8.33. The van der Waals surface area contributed by atoms with Crippen LogP contribution >= 0.6 is 11.3 Å². The van der Waals surface area contributed by atoms with E-state index in [0.717, 1.165) is 21.7 Å². The van der Waals surface area contributed by atoms with E-state index in [1.54, 1.807) is 44.5 Å². The van der Waals surface area contributed by atoms with Gasteiger partial charge in [0.1, 0.15) is 25.3 Å². The molecule has 2 aromatic rings. The molecule has 3 amide bonds. The molecule has 1 saturated heterocycles. The second-order valence-corrected chi connectivity index (χ2v) is 11.6. The minimum Gasteiger partial charge on any atom is -0.464 e. The molecule has 3 rings (SSSR count). The summed E-state index contributed by atoms with van der Waals surface area (Å²) >= 11 is 1.57. The highest BCUT2D eigenvalue weighted by Crippen LogP contribution is 2.28. The summed E-state index contributed by atoms with van der Waals surface area (Å²) in [5.41, 5.74) is 3.99. The van der Waals surface area contributed by atoms with E-state index in [1.807, 2.05) is 31.2 Å². The van der Waals surface area contributed by atoms with Crippen LogP contribution in [0.3, 0.4) is 0 Å². The van der Waals surface area contributed by atoms with E-state index >= 15 is 0 Å². The standard InChI is InChI=1S/C28H38N4O7S/c1-6-39-23(35)15-38-14-22(34)31-25(28(3,4)5)27(37)32-13-20(33)11-21(32)26(36)29-12-18-7-9-19(10-8-18)24-17(2)30-16-40-24/h7-10,16,20-21,25,33H,6,11-15H2,1-5H3,(H,29,36)(H,31,34). The number of rotatable bonds is 11. The van der Waals surface area contributed by atoms with Crippen molar-refractivity contribution in [2.75, 3.05) is 26.4 Å². The molecule has 0 radical (unpaired) electrons. The number of esters is 1. The van der Waals surface area contributed by atoms with Crippen molar-refractivity contribution in [1.29, 1.82) is 0 Å². The Hall–Kier alpha value is -3.35. The number of ether oxygens (including phenoxy) is 2. The number of aryl methyl sites for hydroxylation is 1. The van der Waals surface area contributed by atoms with E-state index in [2.05, 4.69) is 15.6 Å². The minimum absolute atomic E-state index is 0.0262. The fourth-order valence-electron chi connectivity index (χ4n) is 4.41. The third-order valence-electron chi connectivity index (χ3n) is 6.47. The zero-order valence-electron chi connectivity index (χ0n) is 23.6. The fraction of sp³-hybridized carbons (Fsp3) is 0.536. The molecular formula is C28H38N4O7S. The molecule has 218 valence electrons. The summed E-state index contributed by atoms with van der Waals surface area (Å²) in [6.45, 7) is 8.58. The number of β-amino-alcohol motifs (C(OH)–C–C–N with tert-alkyl or cyclic N) is 1. The first-order valence-electron chi connectivity index (χ1n) is 13.2. The summed E-state index contributed by atoms with van der Waals surface area (Å²) in [4.78, 5) is 57.4. The maximum atomic E-state index is 13.6. The van der Waals surface area contributed by atoms with Gasteiger partial charge < -0.3 is 30.1 Å². The molecule has 3 atom stereocenters. The summed E-state index contributed by atoms with van der Waals surface area (Å²) in [5.74, 6) is -2.05. The Bertz CT molecular complexity index is 1190. The average molecular weight is 575 g/mol. The Balaban J connectivity index is 1.62. The lowest BCUT2D eigenvalue weighted by atomic mass is 9.85. The molecule has 0 bridgehead atoms. The molecule has 2 heterocycles. The van der Waals surface area contributed by atoms with Gasteiger partial charge >= 0.3 is 5.97 Å². The molecule has 3 unspecified atom stereocenters. The number of hydrogen-bond acceptors (Lipinski definition) is 9. The molecule has 12 heteroatoms. The van der Waals surface area contributed by atoms with Crippen molar-refractivity contribution in [2.45, 2.75) is 65.8 Å². The number of hydrogen-bond donors (Lipinski definition) is 3. The first kappa shape index (κ1) is 31.2. The molecular weight excluding hydrogens is 536 g/mol. The number of aromatic nitrogens is 1. The highest BCUT2D eigenvalue weighted by atomic mass is 32.1. The summed E-state index contributed by atoms with van der Waals surface area (Å²) in [7, 11) is 0. The molecule has 1 aliphatic rings. The number of carbonyl (C=O) groups excluding carboxylic acids is 4. The lowest BCUT2D eigenvalue weighted by Gasteiger charge is -2.35. The number of aliphatic hydroxyl groups excluding tert-OH is 1.